The molecule has 3 nitrogen and oxygen atoms in total. The molecule has 2 aliphatic heterocycles. The Kier molecular flexibility index (Phi) is 10.9. The highest BCUT2D eigenvalue weighted by molar-refractivity contribution is 7.23. The molecule has 7 aromatic carbocycles. The Bertz CT molecular complexity index is 3330. The van der Waals surface area contributed by atoms with Crippen molar-refractivity contribution in [2.75, 3.05) is 9.80 Å². The zero-order chi connectivity index (χ0) is 50.4. The normalized spacial score (nSPS) is 14.3. The molecule has 0 radical (unpaired) electrons. The van der Waals surface area contributed by atoms with Gasteiger partial charge in [0, 0.05) is 39.4 Å². The van der Waals surface area contributed by atoms with E-state index in [-0.39, 0.29) is 39.2 Å². The largest absolute Gasteiger partial charge is 0.311 e. The lowest BCUT2D eigenvalue weighted by Crippen LogP contribution is -2.62. The fourth-order valence-electron chi connectivity index (χ4n) is 10.7. The van der Waals surface area contributed by atoms with Crippen LogP contribution in [0.15, 0.2) is 121 Å². The van der Waals surface area contributed by atoms with Gasteiger partial charge in [-0.2, -0.15) is 0 Å². The first-order valence-corrected chi connectivity index (χ1v) is 26.5. The fraction of sp³-hybridized carbons (Fsp3) is 0.369. The van der Waals surface area contributed by atoms with E-state index in [1.165, 1.54) is 99.4 Å². The van der Waals surface area contributed by atoms with E-state index in [4.69, 9.17) is 4.98 Å². The molecular formula is C65H74BN3S. The summed E-state index contributed by atoms with van der Waals surface area (Å²) in [6.07, 6.45) is 0. The lowest BCUT2D eigenvalue weighted by Gasteiger charge is -2.46. The molecule has 70 heavy (non-hydrogen) atoms. The third-order valence-corrected chi connectivity index (χ3v) is 16.3. The minimum atomic E-state index is -0.148. The molecular weight excluding hydrogens is 866 g/mol. The highest BCUT2D eigenvalue weighted by Crippen LogP contribution is 2.52. The number of thiazole rings is 1. The molecule has 2 aliphatic rings. The summed E-state index contributed by atoms with van der Waals surface area (Å²) in [4.78, 5) is 11.0. The molecule has 5 heteroatoms. The molecule has 8 aromatic rings. The van der Waals surface area contributed by atoms with E-state index in [0.29, 0.717) is 0 Å². The van der Waals surface area contributed by atoms with Crippen molar-refractivity contribution in [3.05, 3.63) is 155 Å². The minimum absolute atomic E-state index is 0.0346. The Morgan fingerprint density at radius 3 is 1.40 bits per heavy atom. The van der Waals surface area contributed by atoms with Crippen LogP contribution in [-0.4, -0.2) is 11.7 Å². The van der Waals surface area contributed by atoms with Crippen molar-refractivity contribution in [1.82, 2.24) is 4.98 Å². The van der Waals surface area contributed by atoms with Gasteiger partial charge in [-0.05, 0) is 130 Å². The van der Waals surface area contributed by atoms with Crippen molar-refractivity contribution in [2.24, 2.45) is 0 Å². The molecule has 0 fully saturated rings. The average Bonchev–Trinajstić information content (AvgIpc) is 3.73. The first-order chi connectivity index (χ1) is 32.5. The quantitative estimate of drug-likeness (QED) is 0.165. The Balaban J connectivity index is 1.41. The number of rotatable bonds is 3. The molecule has 0 aliphatic carbocycles. The molecule has 0 amide bonds. The fourth-order valence-corrected chi connectivity index (χ4v) is 11.9. The van der Waals surface area contributed by atoms with Crippen molar-refractivity contribution in [3.63, 3.8) is 0 Å². The van der Waals surface area contributed by atoms with Crippen LogP contribution in [0.4, 0.5) is 34.1 Å². The zero-order valence-corrected chi connectivity index (χ0v) is 46.2. The molecule has 1 aromatic heterocycles. The predicted molar refractivity (Wildman–Crippen MR) is 309 cm³/mol. The van der Waals surface area contributed by atoms with Gasteiger partial charge in [-0.25, -0.2) is 4.98 Å². The van der Waals surface area contributed by atoms with Crippen LogP contribution >= 0.6 is 11.3 Å². The predicted octanol–water partition coefficient (Wildman–Crippen LogP) is 17.0. The third-order valence-electron chi connectivity index (χ3n) is 15.2. The maximum Gasteiger partial charge on any atom is 0.253 e. The molecule has 0 saturated carbocycles. The number of anilines is 6. The molecule has 0 spiro atoms. The second-order valence-electron chi connectivity index (χ2n) is 26.7. The maximum atomic E-state index is 5.70. The zero-order valence-electron chi connectivity index (χ0n) is 45.4. The van der Waals surface area contributed by atoms with E-state index in [2.05, 4.69) is 256 Å². The summed E-state index contributed by atoms with van der Waals surface area (Å²) in [6, 6.07) is 47.7. The Morgan fingerprint density at radius 1 is 0.400 bits per heavy atom. The van der Waals surface area contributed by atoms with Gasteiger partial charge < -0.3 is 9.80 Å². The van der Waals surface area contributed by atoms with Crippen molar-refractivity contribution in [2.45, 2.75) is 157 Å². The van der Waals surface area contributed by atoms with Crippen LogP contribution in [-0.2, 0) is 32.5 Å². The summed E-state index contributed by atoms with van der Waals surface area (Å²) in [5.74, 6) is 0. The Labute approximate surface area is 424 Å². The van der Waals surface area contributed by atoms with E-state index in [1.807, 2.05) is 11.3 Å². The summed E-state index contributed by atoms with van der Waals surface area (Å²) in [6.45, 7) is 42.1. The van der Waals surface area contributed by atoms with Gasteiger partial charge in [-0.1, -0.05) is 203 Å². The first kappa shape index (κ1) is 48.0. The van der Waals surface area contributed by atoms with E-state index >= 15 is 0 Å². The van der Waals surface area contributed by atoms with Crippen molar-refractivity contribution in [1.29, 1.82) is 0 Å². The van der Waals surface area contributed by atoms with Crippen molar-refractivity contribution >= 4 is 89.6 Å². The average molecular weight is 940 g/mol. The summed E-state index contributed by atoms with van der Waals surface area (Å²) in [5, 5.41) is 3.51. The van der Waals surface area contributed by atoms with Crippen LogP contribution in [0, 0.1) is 0 Å². The number of hydrogen-bond acceptors (Lipinski definition) is 4. The number of fused-ring (bicyclic) bond motifs is 9. The van der Waals surface area contributed by atoms with Gasteiger partial charge >= 0.3 is 0 Å². The van der Waals surface area contributed by atoms with E-state index in [0.717, 1.165) is 16.1 Å². The van der Waals surface area contributed by atoms with Crippen LogP contribution < -0.4 is 26.2 Å². The molecule has 0 unspecified atom stereocenters. The second kappa shape index (κ2) is 15.9. The summed E-state index contributed by atoms with van der Waals surface area (Å²) in [5.41, 5.74) is 21.3. The van der Waals surface area contributed by atoms with Gasteiger partial charge in [0.05, 0.1) is 15.9 Å². The molecule has 0 saturated heterocycles. The minimum Gasteiger partial charge on any atom is -0.311 e. The van der Waals surface area contributed by atoms with E-state index in [9.17, 15) is 0 Å². The SMILES string of the molecule is CC(C)(C)c1ccc(-c2nc3c(s2)c2c(c4ccccc43)B3c4cc(C(C)(C)C)ccc4N(c4ccc(C(C)(C)C)cc4)c4cc(C(C)(C)C)cc(c43)N2c2cc(C(C)(C)C)cc(C(C)(C)C)c2)cc1. The second-order valence-corrected chi connectivity index (χ2v) is 27.7. The van der Waals surface area contributed by atoms with Gasteiger partial charge in [0.15, 0.2) is 0 Å². The molecule has 0 bridgehead atoms. The van der Waals surface area contributed by atoms with Crippen molar-refractivity contribution < 1.29 is 0 Å². The highest BCUT2D eigenvalue weighted by Gasteiger charge is 2.47. The van der Waals surface area contributed by atoms with Crippen LogP contribution in [0.3, 0.4) is 0 Å². The lowest BCUT2D eigenvalue weighted by atomic mass is 9.32. The Morgan fingerprint density at radius 2 is 0.871 bits per heavy atom. The summed E-state index contributed by atoms with van der Waals surface area (Å²) < 4.78 is 1.23. The molecule has 3 heterocycles. The monoisotopic (exact) mass is 940 g/mol. The number of nitrogens with zero attached hydrogens (tertiary/aromatic N) is 3. The molecule has 0 N–H and O–H groups in total. The first-order valence-electron chi connectivity index (χ1n) is 25.7. The van der Waals surface area contributed by atoms with Crippen LogP contribution in [0.1, 0.15) is 158 Å². The van der Waals surface area contributed by atoms with Gasteiger partial charge in [-0.3, -0.25) is 0 Å². The summed E-state index contributed by atoms with van der Waals surface area (Å²) in [7, 11) is 0. The molecule has 10 rings (SSSR count). The number of benzene rings is 7. The number of hydrogen-bond donors (Lipinski definition) is 0. The lowest BCUT2D eigenvalue weighted by molar-refractivity contribution is 0.568. The topological polar surface area (TPSA) is 19.4 Å². The molecule has 0 atom stereocenters. The van der Waals surface area contributed by atoms with E-state index < -0.39 is 0 Å². The van der Waals surface area contributed by atoms with Crippen molar-refractivity contribution in [3.8, 4) is 10.6 Å². The van der Waals surface area contributed by atoms with Gasteiger partial charge in [0.1, 0.15) is 5.01 Å². The van der Waals surface area contributed by atoms with Crippen LogP contribution in [0.25, 0.3) is 31.6 Å². The number of aromatic nitrogens is 1. The van der Waals surface area contributed by atoms with E-state index in [1.54, 1.807) is 0 Å². The summed E-state index contributed by atoms with van der Waals surface area (Å²) >= 11 is 1.86. The van der Waals surface area contributed by atoms with Gasteiger partial charge in [0.2, 0.25) is 0 Å². The standard InChI is InChI=1S/C65H74BN3S/c1-60(2,3)40-25-23-39(24-26-40)59-67-56-49-22-20-19-21-48(49)54-57(58(56)70-59)69(47-34-43(63(10,11)12)33-44(35-47)64(13,14)15)53-38-45(65(16,17)18)37-52-55(53)66(54)50-36-42(62(7,8)9)29-32-51(50)68(52)46-30-27-41(28-31-46)61(4,5)6/h19-38H,1-18H3. The van der Waals surface area contributed by atoms with Crippen LogP contribution in [0.2, 0.25) is 0 Å². The third kappa shape index (κ3) is 8.09. The van der Waals surface area contributed by atoms with Gasteiger partial charge in [-0.15, -0.1) is 11.3 Å². The highest BCUT2D eigenvalue weighted by atomic mass is 32.1. The Hall–Kier alpha value is -5.65. The van der Waals surface area contributed by atoms with Gasteiger partial charge in [0.25, 0.3) is 6.71 Å². The smallest absolute Gasteiger partial charge is 0.253 e. The maximum absolute atomic E-state index is 5.70. The van der Waals surface area contributed by atoms with Crippen LogP contribution in [0.5, 0.6) is 0 Å². The molecule has 358 valence electrons.